The number of aromatic nitrogens is 2. The van der Waals surface area contributed by atoms with E-state index in [-0.39, 0.29) is 23.7 Å². The Hall–Kier alpha value is -3.36. The summed E-state index contributed by atoms with van der Waals surface area (Å²) in [6, 6.07) is 15.5. The van der Waals surface area contributed by atoms with Crippen LogP contribution in [0.25, 0.3) is 21.1 Å². The summed E-state index contributed by atoms with van der Waals surface area (Å²) in [5.41, 5.74) is 3.47. The lowest BCUT2D eigenvalue weighted by atomic mass is 9.80. The largest absolute Gasteiger partial charge is 0.326 e. The molecular formula is C26H24N4O2S2. The molecular weight excluding hydrogens is 464 g/mol. The molecule has 5 rings (SSSR count). The Bertz CT molecular complexity index is 1170. The third kappa shape index (κ3) is 5.24. The average molecular weight is 489 g/mol. The number of nitrogens with one attached hydrogen (secondary N) is 2. The predicted molar refractivity (Wildman–Crippen MR) is 138 cm³/mol. The van der Waals surface area contributed by atoms with Gasteiger partial charge in [-0.25, -0.2) is 9.97 Å². The molecule has 1 saturated carbocycles. The van der Waals surface area contributed by atoms with Crippen molar-refractivity contribution in [1.82, 2.24) is 9.97 Å². The summed E-state index contributed by atoms with van der Waals surface area (Å²) in [5.74, 6) is -0.427. The van der Waals surface area contributed by atoms with Gasteiger partial charge in [0.2, 0.25) is 11.8 Å². The molecule has 2 unspecified atom stereocenters. The van der Waals surface area contributed by atoms with Crippen LogP contribution < -0.4 is 10.6 Å². The SMILES string of the molecule is O=C(Nc1cccc(-c2nccs2)c1)C1CCCC(C(=O)Nc2cccc(-c3nccs3)c2)C1. The van der Waals surface area contributed by atoms with Crippen molar-refractivity contribution < 1.29 is 9.59 Å². The number of benzene rings is 2. The lowest BCUT2D eigenvalue weighted by Gasteiger charge is -2.27. The van der Waals surface area contributed by atoms with Gasteiger partial charge in [-0.05, 0) is 43.5 Å². The lowest BCUT2D eigenvalue weighted by Crippen LogP contribution is -2.33. The van der Waals surface area contributed by atoms with Gasteiger partial charge in [0.1, 0.15) is 10.0 Å². The molecule has 34 heavy (non-hydrogen) atoms. The maximum atomic E-state index is 13.0. The summed E-state index contributed by atoms with van der Waals surface area (Å²) >= 11 is 3.13. The second kappa shape index (κ2) is 10.3. The Balaban J connectivity index is 1.21. The van der Waals surface area contributed by atoms with Crippen LogP contribution in [0.4, 0.5) is 11.4 Å². The van der Waals surface area contributed by atoms with Gasteiger partial charge in [0.15, 0.2) is 0 Å². The van der Waals surface area contributed by atoms with Crippen molar-refractivity contribution in [2.75, 3.05) is 10.6 Å². The van der Waals surface area contributed by atoms with Crippen LogP contribution in [0.15, 0.2) is 71.7 Å². The third-order valence-corrected chi connectivity index (χ3v) is 7.68. The van der Waals surface area contributed by atoms with E-state index in [0.717, 1.165) is 51.8 Å². The Morgan fingerprint density at radius 2 is 1.26 bits per heavy atom. The zero-order valence-electron chi connectivity index (χ0n) is 18.4. The van der Waals surface area contributed by atoms with Crippen molar-refractivity contribution in [2.45, 2.75) is 25.7 Å². The van der Waals surface area contributed by atoms with Crippen LogP contribution in [-0.2, 0) is 9.59 Å². The smallest absolute Gasteiger partial charge is 0.227 e. The summed E-state index contributed by atoms with van der Waals surface area (Å²) in [6.45, 7) is 0. The number of nitrogens with zero attached hydrogens (tertiary/aromatic N) is 2. The molecule has 2 aromatic heterocycles. The minimum absolute atomic E-state index is 0.0282. The lowest BCUT2D eigenvalue weighted by molar-refractivity contribution is -0.124. The molecule has 0 aliphatic heterocycles. The topological polar surface area (TPSA) is 84.0 Å². The van der Waals surface area contributed by atoms with Gasteiger partial charge in [0.05, 0.1) is 0 Å². The molecule has 1 fully saturated rings. The van der Waals surface area contributed by atoms with Gasteiger partial charge < -0.3 is 10.6 Å². The maximum Gasteiger partial charge on any atom is 0.227 e. The van der Waals surface area contributed by atoms with E-state index in [2.05, 4.69) is 20.6 Å². The van der Waals surface area contributed by atoms with Gasteiger partial charge in [-0.15, -0.1) is 22.7 Å². The highest BCUT2D eigenvalue weighted by Gasteiger charge is 2.31. The van der Waals surface area contributed by atoms with Gasteiger partial charge in [-0.3, -0.25) is 9.59 Å². The van der Waals surface area contributed by atoms with E-state index in [1.54, 1.807) is 35.1 Å². The van der Waals surface area contributed by atoms with E-state index in [1.165, 1.54) is 0 Å². The number of amides is 2. The Morgan fingerprint density at radius 1 is 0.765 bits per heavy atom. The molecule has 2 heterocycles. The number of carbonyl (C=O) groups is 2. The Morgan fingerprint density at radius 3 is 1.71 bits per heavy atom. The Kier molecular flexibility index (Phi) is 6.78. The highest BCUT2D eigenvalue weighted by molar-refractivity contribution is 7.13. The highest BCUT2D eigenvalue weighted by atomic mass is 32.1. The van der Waals surface area contributed by atoms with E-state index in [0.29, 0.717) is 6.42 Å². The molecule has 2 atom stereocenters. The van der Waals surface area contributed by atoms with E-state index in [9.17, 15) is 9.59 Å². The quantitative estimate of drug-likeness (QED) is 0.333. The van der Waals surface area contributed by atoms with E-state index < -0.39 is 0 Å². The van der Waals surface area contributed by atoms with Crippen molar-refractivity contribution in [3.63, 3.8) is 0 Å². The van der Waals surface area contributed by atoms with Gasteiger partial charge in [-0.2, -0.15) is 0 Å². The first-order valence-corrected chi connectivity index (χ1v) is 13.0. The van der Waals surface area contributed by atoms with Crippen molar-refractivity contribution in [3.05, 3.63) is 71.7 Å². The number of carbonyl (C=O) groups excluding carboxylic acids is 2. The molecule has 0 spiro atoms. The molecule has 0 radical (unpaired) electrons. The summed E-state index contributed by atoms with van der Waals surface area (Å²) in [5, 5.41) is 11.8. The van der Waals surface area contributed by atoms with Crippen LogP contribution in [0.1, 0.15) is 25.7 Å². The number of hydrogen-bond acceptors (Lipinski definition) is 6. The van der Waals surface area contributed by atoms with E-state index in [4.69, 9.17) is 0 Å². The summed E-state index contributed by atoms with van der Waals surface area (Å²) in [7, 11) is 0. The molecule has 2 N–H and O–H groups in total. The number of thiazole rings is 2. The summed E-state index contributed by atoms with van der Waals surface area (Å²) in [6.07, 6.45) is 6.54. The van der Waals surface area contributed by atoms with Gasteiger partial charge >= 0.3 is 0 Å². The second-order valence-electron chi connectivity index (χ2n) is 8.38. The summed E-state index contributed by atoms with van der Waals surface area (Å²) in [4.78, 5) is 34.7. The first kappa shape index (κ1) is 22.4. The molecule has 0 saturated heterocycles. The van der Waals surface area contributed by atoms with Gasteiger partial charge in [0, 0.05) is 57.5 Å². The van der Waals surface area contributed by atoms with Crippen LogP contribution in [0.2, 0.25) is 0 Å². The minimum Gasteiger partial charge on any atom is -0.326 e. The Labute approximate surface area is 206 Å². The molecule has 2 amide bonds. The van der Waals surface area contributed by atoms with Gasteiger partial charge in [0.25, 0.3) is 0 Å². The van der Waals surface area contributed by atoms with Crippen molar-refractivity contribution in [2.24, 2.45) is 11.8 Å². The van der Waals surface area contributed by atoms with Crippen LogP contribution >= 0.6 is 22.7 Å². The number of rotatable bonds is 6. The standard InChI is InChI=1S/C26H24N4O2S2/c31-23(29-21-8-2-6-19(15-21)25-27-10-12-33-25)17-4-1-5-18(14-17)24(32)30-22-9-3-7-20(16-22)26-28-11-13-34-26/h2-3,6-13,15-18H,1,4-5,14H2,(H,29,31)(H,30,32). The molecule has 6 nitrogen and oxygen atoms in total. The van der Waals surface area contributed by atoms with E-state index >= 15 is 0 Å². The zero-order chi connectivity index (χ0) is 23.3. The summed E-state index contributed by atoms with van der Waals surface area (Å²) < 4.78 is 0. The normalized spacial score (nSPS) is 17.8. The molecule has 0 bridgehead atoms. The van der Waals surface area contributed by atoms with Crippen molar-refractivity contribution in [1.29, 1.82) is 0 Å². The average Bonchev–Trinajstić information content (AvgIpc) is 3.59. The second-order valence-corrected chi connectivity index (χ2v) is 10.2. The fourth-order valence-corrected chi connectivity index (χ4v) is 5.62. The monoisotopic (exact) mass is 488 g/mol. The third-order valence-electron chi connectivity index (χ3n) is 6.03. The highest BCUT2D eigenvalue weighted by Crippen LogP contribution is 2.32. The molecule has 2 aromatic carbocycles. The molecule has 1 aliphatic rings. The number of hydrogen-bond donors (Lipinski definition) is 2. The van der Waals surface area contributed by atoms with Gasteiger partial charge in [-0.1, -0.05) is 30.7 Å². The fourth-order valence-electron chi connectivity index (χ4n) is 4.35. The fraction of sp³-hybridized carbons (Fsp3) is 0.231. The number of anilines is 2. The first-order chi connectivity index (χ1) is 16.7. The molecule has 4 aromatic rings. The molecule has 1 aliphatic carbocycles. The van der Waals surface area contributed by atoms with E-state index in [1.807, 2.05) is 59.3 Å². The van der Waals surface area contributed by atoms with Crippen molar-refractivity contribution in [3.8, 4) is 21.1 Å². The molecule has 8 heteroatoms. The zero-order valence-corrected chi connectivity index (χ0v) is 20.1. The minimum atomic E-state index is -0.185. The molecule has 172 valence electrons. The van der Waals surface area contributed by atoms with Crippen LogP contribution in [-0.4, -0.2) is 21.8 Å². The predicted octanol–water partition coefficient (Wildman–Crippen LogP) is 6.32. The van der Waals surface area contributed by atoms with Crippen LogP contribution in [0.5, 0.6) is 0 Å². The van der Waals surface area contributed by atoms with Crippen LogP contribution in [0.3, 0.4) is 0 Å². The maximum absolute atomic E-state index is 13.0. The first-order valence-electron chi connectivity index (χ1n) is 11.3. The van der Waals surface area contributed by atoms with Crippen molar-refractivity contribution >= 4 is 45.9 Å². The van der Waals surface area contributed by atoms with Crippen LogP contribution in [0, 0.1) is 11.8 Å².